The van der Waals surface area contributed by atoms with Gasteiger partial charge in [-0.3, -0.25) is 9.59 Å². The van der Waals surface area contributed by atoms with Crippen molar-refractivity contribution in [3.8, 4) is 5.75 Å². The summed E-state index contributed by atoms with van der Waals surface area (Å²) >= 11 is 0. The predicted molar refractivity (Wildman–Crippen MR) is 51.6 cm³/mol. The van der Waals surface area contributed by atoms with Crippen LogP contribution in [0.3, 0.4) is 0 Å². The number of carbonyl (C=O) groups is 2. The van der Waals surface area contributed by atoms with Crippen LogP contribution in [0.2, 0.25) is 0 Å². The van der Waals surface area contributed by atoms with Gasteiger partial charge in [-0.25, -0.2) is 0 Å². The van der Waals surface area contributed by atoms with E-state index in [0.717, 1.165) is 5.56 Å². The Morgan fingerprint density at radius 3 is 2.73 bits per heavy atom. The molecular weight excluding hydrogens is 196 g/mol. The molecule has 1 N–H and O–H groups in total. The molecule has 0 amide bonds. The van der Waals surface area contributed by atoms with Crippen LogP contribution < -0.4 is 4.74 Å². The van der Waals surface area contributed by atoms with Gasteiger partial charge < -0.3 is 9.84 Å². The Kier molecular flexibility index (Phi) is 2.19. The third kappa shape index (κ3) is 1.48. The molecule has 0 saturated carbocycles. The molecule has 1 aliphatic rings. The first-order valence-electron chi connectivity index (χ1n) is 4.64. The van der Waals surface area contributed by atoms with Crippen LogP contribution in [0.5, 0.6) is 5.75 Å². The number of carboxylic acid groups (broad SMARTS) is 1. The van der Waals surface area contributed by atoms with Gasteiger partial charge in [-0.05, 0) is 11.6 Å². The number of rotatable bonds is 1. The lowest BCUT2D eigenvalue weighted by Crippen LogP contribution is -2.36. The maximum absolute atomic E-state index is 11.4. The van der Waals surface area contributed by atoms with Gasteiger partial charge in [-0.1, -0.05) is 25.1 Å². The van der Waals surface area contributed by atoms with Crippen LogP contribution in [0, 0.1) is 5.92 Å². The molecule has 0 fully saturated rings. The van der Waals surface area contributed by atoms with Crippen molar-refractivity contribution in [2.24, 2.45) is 5.92 Å². The van der Waals surface area contributed by atoms with E-state index < -0.39 is 17.9 Å². The minimum Gasteiger partial charge on any atom is -0.481 e. The zero-order valence-electron chi connectivity index (χ0n) is 8.14. The number of aliphatic carboxylic acids is 1. The second kappa shape index (κ2) is 3.38. The molecule has 2 atom stereocenters. The molecule has 4 heteroatoms. The van der Waals surface area contributed by atoms with Gasteiger partial charge >= 0.3 is 11.9 Å². The Morgan fingerprint density at radius 1 is 1.40 bits per heavy atom. The van der Waals surface area contributed by atoms with E-state index in [-0.39, 0.29) is 5.92 Å². The number of benzene rings is 1. The van der Waals surface area contributed by atoms with Crippen molar-refractivity contribution in [1.29, 1.82) is 0 Å². The Morgan fingerprint density at radius 2 is 2.07 bits per heavy atom. The molecular formula is C11H10O4. The van der Waals surface area contributed by atoms with E-state index in [2.05, 4.69) is 0 Å². The van der Waals surface area contributed by atoms with Gasteiger partial charge in [-0.15, -0.1) is 0 Å². The van der Waals surface area contributed by atoms with Crippen molar-refractivity contribution in [3.63, 3.8) is 0 Å². The quantitative estimate of drug-likeness (QED) is 0.428. The van der Waals surface area contributed by atoms with Crippen molar-refractivity contribution in [2.75, 3.05) is 0 Å². The number of esters is 1. The third-order valence-corrected chi connectivity index (χ3v) is 2.64. The summed E-state index contributed by atoms with van der Waals surface area (Å²) in [7, 11) is 0. The highest BCUT2D eigenvalue weighted by atomic mass is 16.5. The topological polar surface area (TPSA) is 63.6 Å². The molecule has 1 aliphatic heterocycles. The maximum atomic E-state index is 11.4. The van der Waals surface area contributed by atoms with Crippen LogP contribution in [0.25, 0.3) is 0 Å². The summed E-state index contributed by atoms with van der Waals surface area (Å²) in [6, 6.07) is 7.00. The monoisotopic (exact) mass is 206 g/mol. The first-order chi connectivity index (χ1) is 7.11. The second-order valence-electron chi connectivity index (χ2n) is 3.56. The standard InChI is InChI=1S/C11H10O4/c1-6-7-4-2-3-5-8(7)15-11(14)9(6)10(12)13/h2-6,9H,1H3,(H,12,13)/t6-,9+/m1/s1. The van der Waals surface area contributed by atoms with E-state index in [9.17, 15) is 9.59 Å². The SMILES string of the molecule is C[C@@H]1c2ccccc2OC(=O)[C@@H]1C(=O)O. The van der Waals surface area contributed by atoms with E-state index in [0.29, 0.717) is 5.75 Å². The fourth-order valence-corrected chi connectivity index (χ4v) is 1.82. The summed E-state index contributed by atoms with van der Waals surface area (Å²) in [5, 5.41) is 8.90. The fraction of sp³-hybridized carbons (Fsp3) is 0.273. The Bertz CT molecular complexity index is 424. The van der Waals surface area contributed by atoms with Gasteiger partial charge in [0.1, 0.15) is 5.75 Å². The summed E-state index contributed by atoms with van der Waals surface area (Å²) in [6.07, 6.45) is 0. The first kappa shape index (κ1) is 9.71. The molecule has 78 valence electrons. The normalized spacial score (nSPS) is 24.2. The van der Waals surface area contributed by atoms with Gasteiger partial charge in [-0.2, -0.15) is 0 Å². The summed E-state index contributed by atoms with van der Waals surface area (Å²) < 4.78 is 4.96. The van der Waals surface area contributed by atoms with Crippen molar-refractivity contribution in [3.05, 3.63) is 29.8 Å². The first-order valence-corrected chi connectivity index (χ1v) is 4.64. The highest BCUT2D eigenvalue weighted by Crippen LogP contribution is 2.37. The molecule has 1 aromatic rings. The van der Waals surface area contributed by atoms with E-state index in [4.69, 9.17) is 9.84 Å². The van der Waals surface area contributed by atoms with E-state index in [1.807, 2.05) is 0 Å². The zero-order chi connectivity index (χ0) is 11.0. The van der Waals surface area contributed by atoms with Gasteiger partial charge in [0.05, 0.1) is 0 Å². The highest BCUT2D eigenvalue weighted by molar-refractivity contribution is 5.97. The van der Waals surface area contributed by atoms with Crippen molar-refractivity contribution >= 4 is 11.9 Å². The molecule has 0 unspecified atom stereocenters. The van der Waals surface area contributed by atoms with Crippen molar-refractivity contribution in [1.82, 2.24) is 0 Å². The largest absolute Gasteiger partial charge is 0.481 e. The lowest BCUT2D eigenvalue weighted by atomic mass is 9.85. The zero-order valence-corrected chi connectivity index (χ0v) is 8.14. The predicted octanol–water partition coefficient (Wildman–Crippen LogP) is 1.41. The van der Waals surface area contributed by atoms with Crippen LogP contribution in [-0.4, -0.2) is 17.0 Å². The smallest absolute Gasteiger partial charge is 0.326 e. The number of carbonyl (C=O) groups excluding carboxylic acids is 1. The van der Waals surface area contributed by atoms with Gasteiger partial charge in [0, 0.05) is 5.92 Å². The number of hydrogen-bond acceptors (Lipinski definition) is 3. The molecule has 15 heavy (non-hydrogen) atoms. The lowest BCUT2D eigenvalue weighted by Gasteiger charge is -2.26. The molecule has 4 nitrogen and oxygen atoms in total. The van der Waals surface area contributed by atoms with Crippen LogP contribution in [0.4, 0.5) is 0 Å². The minimum absolute atomic E-state index is 0.347. The summed E-state index contributed by atoms with van der Waals surface area (Å²) in [6.45, 7) is 1.72. The average molecular weight is 206 g/mol. The number of fused-ring (bicyclic) bond motifs is 1. The van der Waals surface area contributed by atoms with E-state index in [1.54, 1.807) is 31.2 Å². The highest BCUT2D eigenvalue weighted by Gasteiger charge is 2.39. The number of ether oxygens (including phenoxy) is 1. The third-order valence-electron chi connectivity index (χ3n) is 2.64. The summed E-state index contributed by atoms with van der Waals surface area (Å²) in [5.41, 5.74) is 0.768. The number of para-hydroxylation sites is 1. The van der Waals surface area contributed by atoms with Crippen molar-refractivity contribution < 1.29 is 19.4 Å². The van der Waals surface area contributed by atoms with Crippen molar-refractivity contribution in [2.45, 2.75) is 12.8 Å². The van der Waals surface area contributed by atoms with E-state index in [1.165, 1.54) is 0 Å². The molecule has 0 radical (unpaired) electrons. The van der Waals surface area contributed by atoms with Gasteiger partial charge in [0.15, 0.2) is 5.92 Å². The maximum Gasteiger partial charge on any atom is 0.326 e. The number of carboxylic acids is 1. The number of hydrogen-bond donors (Lipinski definition) is 1. The van der Waals surface area contributed by atoms with Crippen LogP contribution in [0.15, 0.2) is 24.3 Å². The van der Waals surface area contributed by atoms with Crippen LogP contribution in [-0.2, 0) is 9.59 Å². The Balaban J connectivity index is 2.47. The average Bonchev–Trinajstić information content (AvgIpc) is 2.17. The van der Waals surface area contributed by atoms with E-state index >= 15 is 0 Å². The van der Waals surface area contributed by atoms with Crippen LogP contribution in [0.1, 0.15) is 18.4 Å². The van der Waals surface area contributed by atoms with Gasteiger partial charge in [0.2, 0.25) is 0 Å². The molecule has 1 aromatic carbocycles. The summed E-state index contributed by atoms with van der Waals surface area (Å²) in [4.78, 5) is 22.3. The molecule has 0 bridgehead atoms. The molecule has 0 aliphatic carbocycles. The Hall–Kier alpha value is -1.84. The lowest BCUT2D eigenvalue weighted by molar-refractivity contribution is -0.155. The molecule has 2 rings (SSSR count). The summed E-state index contributed by atoms with van der Waals surface area (Å²) in [5.74, 6) is -2.80. The fourth-order valence-electron chi connectivity index (χ4n) is 1.82. The minimum atomic E-state index is -1.14. The van der Waals surface area contributed by atoms with Gasteiger partial charge in [0.25, 0.3) is 0 Å². The molecule has 0 saturated heterocycles. The second-order valence-corrected chi connectivity index (χ2v) is 3.56. The molecule has 1 heterocycles. The molecule has 0 aromatic heterocycles. The Labute approximate surface area is 86.5 Å². The molecule has 0 spiro atoms. The van der Waals surface area contributed by atoms with Crippen LogP contribution >= 0.6 is 0 Å².